The Bertz CT molecular complexity index is 793. The molecule has 0 amide bonds. The minimum atomic E-state index is -3.41. The summed E-state index contributed by atoms with van der Waals surface area (Å²) in [5, 5.41) is 11.6. The molecule has 0 fully saturated rings. The van der Waals surface area contributed by atoms with E-state index in [1.54, 1.807) is 50.4 Å². The Morgan fingerprint density at radius 1 is 1.19 bits per heavy atom. The molecule has 0 bridgehead atoms. The first-order valence-corrected chi connectivity index (χ1v) is 7.95. The van der Waals surface area contributed by atoms with Crippen molar-refractivity contribution >= 4 is 21.2 Å². The Morgan fingerprint density at radius 3 is 2.57 bits per heavy atom. The van der Waals surface area contributed by atoms with E-state index >= 15 is 0 Å². The number of rotatable bonds is 4. The zero-order valence-electron chi connectivity index (χ0n) is 11.7. The van der Waals surface area contributed by atoms with Gasteiger partial charge in [0.05, 0.1) is 27.1 Å². The molecule has 1 aromatic carbocycles. The van der Waals surface area contributed by atoms with Crippen molar-refractivity contribution in [3.05, 3.63) is 48.3 Å². The summed E-state index contributed by atoms with van der Waals surface area (Å²) in [7, 11) is -3.41. The van der Waals surface area contributed by atoms with Crippen molar-refractivity contribution in [2.24, 2.45) is 0 Å². The van der Waals surface area contributed by atoms with Crippen LogP contribution in [-0.4, -0.2) is 18.7 Å². The van der Waals surface area contributed by atoms with Crippen LogP contribution >= 0.6 is 0 Å². The second-order valence-corrected chi connectivity index (χ2v) is 7.22. The summed E-state index contributed by atoms with van der Waals surface area (Å²) >= 11 is 0. The Hall–Kier alpha value is -2.39. The number of para-hydroxylation sites is 1. The lowest BCUT2D eigenvalue weighted by atomic mass is 10.2. The van der Waals surface area contributed by atoms with Crippen LogP contribution in [0.2, 0.25) is 0 Å². The van der Waals surface area contributed by atoms with Crippen molar-refractivity contribution in [2.45, 2.75) is 24.0 Å². The highest BCUT2D eigenvalue weighted by atomic mass is 32.2. The van der Waals surface area contributed by atoms with Gasteiger partial charge < -0.3 is 5.32 Å². The fourth-order valence-corrected chi connectivity index (χ4v) is 3.01. The molecular formula is C15H15N3O2S. The zero-order chi connectivity index (χ0) is 15.5. The summed E-state index contributed by atoms with van der Waals surface area (Å²) in [5.74, 6) is 0. The van der Waals surface area contributed by atoms with E-state index in [9.17, 15) is 8.42 Å². The van der Waals surface area contributed by atoms with Crippen LogP contribution in [0.3, 0.4) is 0 Å². The van der Waals surface area contributed by atoms with Crippen LogP contribution in [0.4, 0.5) is 11.4 Å². The molecule has 0 aliphatic carbocycles. The van der Waals surface area contributed by atoms with Crippen LogP contribution in [0.5, 0.6) is 0 Å². The van der Waals surface area contributed by atoms with Gasteiger partial charge in [-0.05, 0) is 32.0 Å². The topological polar surface area (TPSA) is 82.8 Å². The summed E-state index contributed by atoms with van der Waals surface area (Å²) in [6.07, 6.45) is 2.98. The Morgan fingerprint density at radius 2 is 1.90 bits per heavy atom. The maximum Gasteiger partial charge on any atom is 0.182 e. The van der Waals surface area contributed by atoms with Crippen LogP contribution < -0.4 is 5.32 Å². The summed E-state index contributed by atoms with van der Waals surface area (Å²) < 4.78 is 24.8. The molecule has 5 nitrogen and oxygen atoms in total. The maximum absolute atomic E-state index is 12.4. The lowest BCUT2D eigenvalue weighted by Crippen LogP contribution is -2.15. The van der Waals surface area contributed by atoms with E-state index < -0.39 is 15.1 Å². The molecule has 0 atom stereocenters. The number of sulfone groups is 1. The first kappa shape index (κ1) is 15.0. The lowest BCUT2D eigenvalue weighted by molar-refractivity contribution is 0.588. The molecule has 2 rings (SSSR count). The second-order valence-electron chi connectivity index (χ2n) is 4.75. The molecule has 0 unspecified atom stereocenters. The highest BCUT2D eigenvalue weighted by Gasteiger charge is 2.22. The average Bonchev–Trinajstić information content (AvgIpc) is 2.48. The molecule has 0 saturated carbocycles. The molecule has 0 aliphatic rings. The van der Waals surface area contributed by atoms with Gasteiger partial charge in [0, 0.05) is 12.4 Å². The van der Waals surface area contributed by atoms with Crippen molar-refractivity contribution in [3.8, 4) is 6.07 Å². The van der Waals surface area contributed by atoms with Crippen molar-refractivity contribution < 1.29 is 8.42 Å². The Labute approximate surface area is 124 Å². The first-order chi connectivity index (χ1) is 9.96. The van der Waals surface area contributed by atoms with Gasteiger partial charge in [-0.3, -0.25) is 4.98 Å². The third-order valence-corrected chi connectivity index (χ3v) is 5.24. The summed E-state index contributed by atoms with van der Waals surface area (Å²) in [5.41, 5.74) is 1.34. The molecule has 1 N–H and O–H groups in total. The first-order valence-electron chi connectivity index (χ1n) is 6.41. The standard InChI is InChI=1S/C15H15N3O2S/c1-11(2)21(19,20)15-6-4-3-5-14(15)18-13-7-8-17-10-12(13)9-16/h3-8,10-11H,1-2H3,(H,17,18). The van der Waals surface area contributed by atoms with E-state index in [0.717, 1.165) is 0 Å². The minimum absolute atomic E-state index is 0.223. The van der Waals surface area contributed by atoms with E-state index in [2.05, 4.69) is 10.3 Å². The van der Waals surface area contributed by atoms with E-state index in [-0.39, 0.29) is 4.90 Å². The van der Waals surface area contributed by atoms with Gasteiger partial charge in [0.15, 0.2) is 9.84 Å². The fourth-order valence-electron chi connectivity index (χ4n) is 1.81. The smallest absolute Gasteiger partial charge is 0.182 e. The van der Waals surface area contributed by atoms with Crippen LogP contribution in [0.15, 0.2) is 47.6 Å². The summed E-state index contributed by atoms with van der Waals surface area (Å²) in [6.45, 7) is 3.28. The zero-order valence-corrected chi connectivity index (χ0v) is 12.6. The molecule has 2 aromatic rings. The molecule has 108 valence electrons. The largest absolute Gasteiger partial charge is 0.353 e. The van der Waals surface area contributed by atoms with Crippen molar-refractivity contribution in [1.29, 1.82) is 5.26 Å². The fraction of sp³-hybridized carbons (Fsp3) is 0.200. The van der Waals surface area contributed by atoms with Gasteiger partial charge >= 0.3 is 0 Å². The van der Waals surface area contributed by atoms with Gasteiger partial charge in [0.1, 0.15) is 6.07 Å². The molecule has 1 heterocycles. The molecule has 0 aliphatic heterocycles. The van der Waals surface area contributed by atoms with Crippen molar-refractivity contribution in [2.75, 3.05) is 5.32 Å². The SMILES string of the molecule is CC(C)S(=O)(=O)c1ccccc1Nc1ccncc1C#N. The van der Waals surface area contributed by atoms with Crippen molar-refractivity contribution in [3.63, 3.8) is 0 Å². The second kappa shape index (κ2) is 5.94. The van der Waals surface area contributed by atoms with Crippen LogP contribution in [0.25, 0.3) is 0 Å². The third kappa shape index (κ3) is 3.03. The molecule has 21 heavy (non-hydrogen) atoms. The van der Waals surface area contributed by atoms with E-state index in [1.165, 1.54) is 6.20 Å². The summed E-state index contributed by atoms with van der Waals surface area (Å²) in [4.78, 5) is 4.10. The number of benzene rings is 1. The highest BCUT2D eigenvalue weighted by Crippen LogP contribution is 2.28. The number of nitrogens with one attached hydrogen (secondary N) is 1. The molecular weight excluding hydrogens is 286 g/mol. The van der Waals surface area contributed by atoms with E-state index in [1.807, 2.05) is 6.07 Å². The number of aromatic nitrogens is 1. The van der Waals surface area contributed by atoms with Gasteiger partial charge in [-0.25, -0.2) is 8.42 Å². The Balaban J connectivity index is 2.50. The van der Waals surface area contributed by atoms with Crippen LogP contribution in [-0.2, 0) is 9.84 Å². The molecule has 0 saturated heterocycles. The van der Waals surface area contributed by atoms with Gasteiger partial charge in [-0.2, -0.15) is 5.26 Å². The predicted octanol–water partition coefficient (Wildman–Crippen LogP) is 2.88. The van der Waals surface area contributed by atoms with E-state index in [0.29, 0.717) is 16.9 Å². The number of nitrogens with zero attached hydrogens (tertiary/aromatic N) is 2. The average molecular weight is 301 g/mol. The quantitative estimate of drug-likeness (QED) is 0.938. The number of hydrogen-bond donors (Lipinski definition) is 1. The number of hydrogen-bond acceptors (Lipinski definition) is 5. The van der Waals surface area contributed by atoms with Gasteiger partial charge in [0.2, 0.25) is 0 Å². The third-order valence-electron chi connectivity index (χ3n) is 3.03. The van der Waals surface area contributed by atoms with Gasteiger partial charge in [0.25, 0.3) is 0 Å². The lowest BCUT2D eigenvalue weighted by Gasteiger charge is -2.15. The van der Waals surface area contributed by atoms with Crippen molar-refractivity contribution in [1.82, 2.24) is 4.98 Å². The van der Waals surface area contributed by atoms with Crippen LogP contribution in [0, 0.1) is 11.3 Å². The summed E-state index contributed by atoms with van der Waals surface area (Å²) in [6, 6.07) is 10.3. The molecule has 0 radical (unpaired) electrons. The molecule has 6 heteroatoms. The Kier molecular flexibility index (Phi) is 4.24. The maximum atomic E-state index is 12.4. The molecule has 0 spiro atoms. The highest BCUT2D eigenvalue weighted by molar-refractivity contribution is 7.92. The number of pyridine rings is 1. The predicted molar refractivity (Wildman–Crippen MR) is 81.0 cm³/mol. The van der Waals surface area contributed by atoms with Gasteiger partial charge in [-0.1, -0.05) is 12.1 Å². The van der Waals surface area contributed by atoms with E-state index in [4.69, 9.17) is 5.26 Å². The van der Waals surface area contributed by atoms with Crippen LogP contribution in [0.1, 0.15) is 19.4 Å². The minimum Gasteiger partial charge on any atom is -0.353 e. The molecule has 1 aromatic heterocycles. The number of anilines is 2. The normalized spacial score (nSPS) is 11.1. The monoisotopic (exact) mass is 301 g/mol. The number of nitriles is 1. The van der Waals surface area contributed by atoms with Gasteiger partial charge in [-0.15, -0.1) is 0 Å².